The Morgan fingerprint density at radius 3 is 3.06 bits per heavy atom. The van der Waals surface area contributed by atoms with Crippen molar-refractivity contribution >= 4 is 5.91 Å². The summed E-state index contributed by atoms with van der Waals surface area (Å²) in [6.07, 6.45) is 3.04. The number of nitrogens with one attached hydrogen (secondary N) is 1. The van der Waals surface area contributed by atoms with Crippen molar-refractivity contribution < 1.29 is 14.3 Å². The maximum atomic E-state index is 11.7. The van der Waals surface area contributed by atoms with Gasteiger partial charge in [-0.1, -0.05) is 0 Å². The van der Waals surface area contributed by atoms with Crippen LogP contribution in [-0.4, -0.2) is 61.9 Å². The van der Waals surface area contributed by atoms with Crippen molar-refractivity contribution in [2.45, 2.75) is 30.9 Å². The van der Waals surface area contributed by atoms with Crippen molar-refractivity contribution in [3.8, 4) is 0 Å². The summed E-state index contributed by atoms with van der Waals surface area (Å²) in [4.78, 5) is 14.0. The second-order valence-corrected chi connectivity index (χ2v) is 5.25. The molecule has 0 aromatic rings. The minimum atomic E-state index is -0.153. The van der Waals surface area contributed by atoms with Crippen LogP contribution in [0, 0.1) is 0 Å². The molecule has 96 valence electrons. The van der Waals surface area contributed by atoms with Gasteiger partial charge < -0.3 is 14.8 Å². The Labute approximate surface area is 101 Å². The van der Waals surface area contributed by atoms with Gasteiger partial charge in [0.2, 0.25) is 5.91 Å². The molecule has 5 nitrogen and oxygen atoms in total. The van der Waals surface area contributed by atoms with Crippen LogP contribution in [0.5, 0.6) is 0 Å². The number of amides is 1. The molecule has 3 saturated heterocycles. The first-order valence-corrected chi connectivity index (χ1v) is 6.53. The number of morpholine rings is 1. The smallest absolute Gasteiger partial charge is 0.237 e. The van der Waals surface area contributed by atoms with E-state index in [0.29, 0.717) is 13.2 Å². The van der Waals surface area contributed by atoms with E-state index in [1.165, 1.54) is 0 Å². The maximum Gasteiger partial charge on any atom is 0.237 e. The first kappa shape index (κ1) is 11.4. The van der Waals surface area contributed by atoms with Crippen molar-refractivity contribution in [2.24, 2.45) is 0 Å². The van der Waals surface area contributed by atoms with Gasteiger partial charge in [0.15, 0.2) is 0 Å². The molecule has 1 N–H and O–H groups in total. The minimum absolute atomic E-state index is 0.0534. The van der Waals surface area contributed by atoms with Gasteiger partial charge in [-0.25, -0.2) is 0 Å². The van der Waals surface area contributed by atoms with Crippen molar-refractivity contribution in [2.75, 3.05) is 39.5 Å². The monoisotopic (exact) mass is 240 g/mol. The summed E-state index contributed by atoms with van der Waals surface area (Å²) in [6, 6.07) is 0.0534. The lowest BCUT2D eigenvalue weighted by molar-refractivity contribution is -0.174. The third-order valence-corrected chi connectivity index (χ3v) is 4.02. The van der Waals surface area contributed by atoms with E-state index in [2.05, 4.69) is 10.2 Å². The van der Waals surface area contributed by atoms with Crippen LogP contribution in [0.25, 0.3) is 0 Å². The summed E-state index contributed by atoms with van der Waals surface area (Å²) < 4.78 is 11.5. The van der Waals surface area contributed by atoms with Crippen molar-refractivity contribution in [1.82, 2.24) is 10.2 Å². The Kier molecular flexibility index (Phi) is 3.06. The topological polar surface area (TPSA) is 50.8 Å². The molecule has 2 atom stereocenters. The van der Waals surface area contributed by atoms with Crippen LogP contribution in [0.15, 0.2) is 0 Å². The lowest BCUT2D eigenvalue weighted by Gasteiger charge is -2.45. The zero-order valence-corrected chi connectivity index (χ0v) is 10.1. The molecule has 1 amide bonds. The molecular weight excluding hydrogens is 220 g/mol. The molecule has 17 heavy (non-hydrogen) atoms. The fourth-order valence-corrected chi connectivity index (χ4v) is 3.13. The molecule has 3 aliphatic rings. The summed E-state index contributed by atoms with van der Waals surface area (Å²) in [7, 11) is 0. The fourth-order valence-electron chi connectivity index (χ4n) is 3.13. The predicted molar refractivity (Wildman–Crippen MR) is 61.7 cm³/mol. The molecule has 0 bridgehead atoms. The average Bonchev–Trinajstić information content (AvgIpc) is 2.77. The molecule has 0 unspecified atom stereocenters. The SMILES string of the molecule is O=C1NCC[C@@H]1N1CCO[C@]2(CCCOC2)C1. The van der Waals surface area contributed by atoms with Crippen LogP contribution in [0.1, 0.15) is 19.3 Å². The summed E-state index contributed by atoms with van der Waals surface area (Å²) >= 11 is 0. The molecular formula is C12H20N2O3. The number of nitrogens with zero attached hydrogens (tertiary/aromatic N) is 1. The Bertz CT molecular complexity index is 297. The Hall–Kier alpha value is -0.650. The van der Waals surface area contributed by atoms with Gasteiger partial charge >= 0.3 is 0 Å². The highest BCUT2D eigenvalue weighted by Gasteiger charge is 2.42. The molecule has 5 heteroatoms. The van der Waals surface area contributed by atoms with E-state index in [0.717, 1.165) is 45.5 Å². The summed E-state index contributed by atoms with van der Waals surface area (Å²) in [5, 5.41) is 2.91. The van der Waals surface area contributed by atoms with Crippen LogP contribution in [0.3, 0.4) is 0 Å². The molecule has 3 aliphatic heterocycles. The number of carbonyl (C=O) groups excluding carboxylic acids is 1. The van der Waals surface area contributed by atoms with Crippen molar-refractivity contribution in [3.05, 3.63) is 0 Å². The average molecular weight is 240 g/mol. The zero-order chi connectivity index (χ0) is 11.7. The second kappa shape index (κ2) is 4.55. The molecule has 3 fully saturated rings. The quantitative estimate of drug-likeness (QED) is 0.687. The molecule has 0 radical (unpaired) electrons. The fraction of sp³-hybridized carbons (Fsp3) is 0.917. The summed E-state index contributed by atoms with van der Waals surface area (Å²) in [6.45, 7) is 4.75. The van der Waals surface area contributed by atoms with Crippen molar-refractivity contribution in [1.29, 1.82) is 0 Å². The maximum absolute atomic E-state index is 11.7. The van der Waals surface area contributed by atoms with E-state index in [1.54, 1.807) is 0 Å². The lowest BCUT2D eigenvalue weighted by Crippen LogP contribution is -2.59. The molecule has 1 spiro atoms. The van der Waals surface area contributed by atoms with Gasteiger partial charge in [-0.3, -0.25) is 9.69 Å². The Morgan fingerprint density at radius 1 is 1.41 bits per heavy atom. The van der Waals surface area contributed by atoms with Crippen LogP contribution in [0.2, 0.25) is 0 Å². The number of rotatable bonds is 1. The molecule has 0 saturated carbocycles. The van der Waals surface area contributed by atoms with E-state index in [4.69, 9.17) is 9.47 Å². The van der Waals surface area contributed by atoms with Gasteiger partial charge in [0.05, 0.1) is 19.3 Å². The summed E-state index contributed by atoms with van der Waals surface area (Å²) in [5.74, 6) is 0.179. The van der Waals surface area contributed by atoms with E-state index < -0.39 is 0 Å². The highest BCUT2D eigenvalue weighted by molar-refractivity contribution is 5.83. The Morgan fingerprint density at radius 2 is 2.35 bits per heavy atom. The second-order valence-electron chi connectivity index (χ2n) is 5.25. The largest absolute Gasteiger partial charge is 0.378 e. The van der Waals surface area contributed by atoms with Crippen LogP contribution in [0.4, 0.5) is 0 Å². The van der Waals surface area contributed by atoms with Gasteiger partial charge in [-0.05, 0) is 19.3 Å². The number of carbonyl (C=O) groups is 1. The van der Waals surface area contributed by atoms with Gasteiger partial charge in [-0.2, -0.15) is 0 Å². The third kappa shape index (κ3) is 2.19. The van der Waals surface area contributed by atoms with E-state index in [1.807, 2.05) is 0 Å². The van der Waals surface area contributed by atoms with Crippen LogP contribution >= 0.6 is 0 Å². The molecule has 0 aromatic carbocycles. The number of hydrogen-bond acceptors (Lipinski definition) is 4. The number of hydrogen-bond donors (Lipinski definition) is 1. The molecule has 0 aromatic heterocycles. The summed E-state index contributed by atoms with van der Waals surface area (Å²) in [5.41, 5.74) is -0.153. The van der Waals surface area contributed by atoms with Crippen LogP contribution in [-0.2, 0) is 14.3 Å². The molecule has 3 heterocycles. The van der Waals surface area contributed by atoms with Gasteiger partial charge in [0, 0.05) is 26.2 Å². The van der Waals surface area contributed by atoms with E-state index >= 15 is 0 Å². The zero-order valence-electron chi connectivity index (χ0n) is 10.1. The van der Waals surface area contributed by atoms with Gasteiger partial charge in [0.1, 0.15) is 5.60 Å². The van der Waals surface area contributed by atoms with E-state index in [9.17, 15) is 4.79 Å². The van der Waals surface area contributed by atoms with Crippen LogP contribution < -0.4 is 5.32 Å². The highest BCUT2D eigenvalue weighted by Crippen LogP contribution is 2.29. The standard InChI is InChI=1S/C12H20N2O3/c15-11-10(2-4-13-11)14-5-7-17-12(8-14)3-1-6-16-9-12/h10H,1-9H2,(H,13,15)/t10-,12+/m0/s1. The van der Waals surface area contributed by atoms with E-state index in [-0.39, 0.29) is 17.6 Å². The van der Waals surface area contributed by atoms with Gasteiger partial charge in [0.25, 0.3) is 0 Å². The number of ether oxygens (including phenoxy) is 2. The molecule has 3 rings (SSSR count). The molecule has 0 aliphatic carbocycles. The first-order chi connectivity index (χ1) is 8.29. The minimum Gasteiger partial charge on any atom is -0.378 e. The van der Waals surface area contributed by atoms with Crippen molar-refractivity contribution in [3.63, 3.8) is 0 Å². The van der Waals surface area contributed by atoms with Gasteiger partial charge in [-0.15, -0.1) is 0 Å². The Balaban J connectivity index is 1.68. The first-order valence-electron chi connectivity index (χ1n) is 6.53. The normalized spacial score (nSPS) is 39.5. The third-order valence-electron chi connectivity index (χ3n) is 4.02. The predicted octanol–water partition coefficient (Wildman–Crippen LogP) is -0.244. The highest BCUT2D eigenvalue weighted by atomic mass is 16.5. The lowest BCUT2D eigenvalue weighted by atomic mass is 9.93.